The second-order valence-corrected chi connectivity index (χ2v) is 13.8. The van der Waals surface area contributed by atoms with Crippen molar-refractivity contribution in [3.8, 4) is 0 Å². The molecule has 1 spiro atoms. The third-order valence-electron chi connectivity index (χ3n) is 12.5. The first-order valence-electron chi connectivity index (χ1n) is 15.1. The van der Waals surface area contributed by atoms with E-state index in [1.165, 1.54) is 57.8 Å². The van der Waals surface area contributed by atoms with Gasteiger partial charge in [0.05, 0.1) is 12.1 Å². The van der Waals surface area contributed by atoms with E-state index in [-0.39, 0.29) is 5.54 Å². The summed E-state index contributed by atoms with van der Waals surface area (Å²) in [5, 5.41) is 0. The van der Waals surface area contributed by atoms with Crippen LogP contribution in [0.5, 0.6) is 0 Å². The quantitative estimate of drug-likeness (QED) is 0.391. The number of allylic oxidation sites excluding steroid dienone is 4. The molecule has 0 amide bonds. The smallest absolute Gasteiger partial charge is 0.221 e. The van der Waals surface area contributed by atoms with Gasteiger partial charge in [0.15, 0.2) is 0 Å². The van der Waals surface area contributed by atoms with Crippen molar-refractivity contribution in [2.45, 2.75) is 101 Å². The van der Waals surface area contributed by atoms with Gasteiger partial charge in [-0.15, -0.1) is 0 Å². The van der Waals surface area contributed by atoms with Gasteiger partial charge in [-0.25, -0.2) is 0 Å². The molecule has 6 unspecified atom stereocenters. The van der Waals surface area contributed by atoms with Gasteiger partial charge in [-0.2, -0.15) is 0 Å². The lowest BCUT2D eigenvalue weighted by molar-refractivity contribution is 0.159. The number of benzene rings is 1. The first kappa shape index (κ1) is 20.9. The molecule has 4 fully saturated rings. The zero-order valence-corrected chi connectivity index (χ0v) is 22.0. The normalized spacial score (nSPS) is 39.3. The van der Waals surface area contributed by atoms with Gasteiger partial charge in [-0.05, 0) is 74.4 Å². The summed E-state index contributed by atoms with van der Waals surface area (Å²) >= 11 is 0. The lowest BCUT2D eigenvalue weighted by atomic mass is 9.27. The van der Waals surface area contributed by atoms with Gasteiger partial charge >= 0.3 is 0 Å². The number of fused-ring (bicyclic) bond motifs is 8. The lowest BCUT2D eigenvalue weighted by Gasteiger charge is -2.55. The zero-order valence-electron chi connectivity index (χ0n) is 22.0. The fraction of sp³-hybridized carbons (Fsp3) is 0.576. The molecule has 0 bridgehead atoms. The summed E-state index contributed by atoms with van der Waals surface area (Å²) in [4.78, 5) is 5.92. The van der Waals surface area contributed by atoms with Gasteiger partial charge in [-0.3, -0.25) is 0 Å². The molecule has 0 N–H and O–H groups in total. The Labute approximate surface area is 217 Å². The molecule has 8 aliphatic rings. The molecule has 2 saturated carbocycles. The molecule has 184 valence electrons. The van der Waals surface area contributed by atoms with Gasteiger partial charge in [0.1, 0.15) is 0 Å². The van der Waals surface area contributed by atoms with Gasteiger partial charge in [0, 0.05) is 34.3 Å². The highest BCUT2D eigenvalue weighted by molar-refractivity contribution is 6.85. The lowest BCUT2D eigenvalue weighted by Crippen LogP contribution is -2.64. The summed E-state index contributed by atoms with van der Waals surface area (Å²) in [5.41, 5.74) is 8.83. The number of hydrogen-bond acceptors (Lipinski definition) is 2. The number of nitrogens with zero attached hydrogens (tertiary/aromatic N) is 2. The summed E-state index contributed by atoms with van der Waals surface area (Å²) in [6.07, 6.45) is 27.8. The molecule has 4 aliphatic heterocycles. The number of anilines is 2. The minimum absolute atomic E-state index is 0.146. The van der Waals surface area contributed by atoms with Crippen molar-refractivity contribution < 1.29 is 0 Å². The molecule has 0 radical (unpaired) electrons. The Balaban J connectivity index is 1.31. The maximum absolute atomic E-state index is 2.96. The Bertz CT molecular complexity index is 1280. The van der Waals surface area contributed by atoms with Crippen molar-refractivity contribution in [2.24, 2.45) is 17.3 Å². The van der Waals surface area contributed by atoms with Crippen LogP contribution in [-0.2, 0) is 0 Å². The first-order valence-corrected chi connectivity index (χ1v) is 15.1. The molecule has 6 atom stereocenters. The zero-order chi connectivity index (χ0) is 23.8. The monoisotopic (exact) mass is 474 g/mol. The van der Waals surface area contributed by atoms with Crippen LogP contribution >= 0.6 is 0 Å². The summed E-state index contributed by atoms with van der Waals surface area (Å²) in [6.45, 7) is 5.73. The van der Waals surface area contributed by atoms with E-state index in [2.05, 4.69) is 78.3 Å². The topological polar surface area (TPSA) is 6.48 Å². The van der Waals surface area contributed by atoms with Gasteiger partial charge < -0.3 is 9.80 Å². The molecule has 2 saturated heterocycles. The molecule has 1 aromatic rings. The van der Waals surface area contributed by atoms with Crippen molar-refractivity contribution in [2.75, 3.05) is 9.80 Å². The van der Waals surface area contributed by atoms with Crippen molar-refractivity contribution in [3.05, 3.63) is 65.7 Å². The van der Waals surface area contributed by atoms with E-state index >= 15 is 0 Å². The van der Waals surface area contributed by atoms with Crippen LogP contribution in [-0.4, -0.2) is 30.4 Å². The highest BCUT2D eigenvalue weighted by Gasteiger charge is 2.67. The van der Waals surface area contributed by atoms with Gasteiger partial charge in [0.2, 0.25) is 6.71 Å². The Morgan fingerprint density at radius 3 is 2.56 bits per heavy atom. The molecular weight excluding hydrogens is 435 g/mol. The molecule has 2 nitrogen and oxygen atoms in total. The molecule has 4 aliphatic carbocycles. The minimum atomic E-state index is 0.146. The molecular formula is C33H39BN2. The second kappa shape index (κ2) is 6.83. The van der Waals surface area contributed by atoms with Crippen LogP contribution in [0.2, 0.25) is 5.82 Å². The maximum Gasteiger partial charge on any atom is 0.221 e. The van der Waals surface area contributed by atoms with Gasteiger partial charge in [-0.1, -0.05) is 80.1 Å². The van der Waals surface area contributed by atoms with E-state index in [4.69, 9.17) is 0 Å². The number of rotatable bonds is 0. The fourth-order valence-electron chi connectivity index (χ4n) is 11.3. The molecule has 36 heavy (non-hydrogen) atoms. The van der Waals surface area contributed by atoms with E-state index in [1.807, 2.05) is 0 Å². The molecule has 1 aromatic carbocycles. The first-order chi connectivity index (χ1) is 17.6. The Morgan fingerprint density at radius 2 is 1.67 bits per heavy atom. The van der Waals surface area contributed by atoms with Crippen molar-refractivity contribution >= 4 is 23.6 Å². The van der Waals surface area contributed by atoms with E-state index in [1.54, 1.807) is 27.9 Å². The fourth-order valence-corrected chi connectivity index (χ4v) is 11.3. The number of hydrogen-bond donors (Lipinski definition) is 0. The van der Waals surface area contributed by atoms with Crippen LogP contribution in [0.3, 0.4) is 0 Å². The van der Waals surface area contributed by atoms with Crippen LogP contribution in [0, 0.1) is 17.3 Å². The highest BCUT2D eigenvalue weighted by atomic mass is 15.3. The van der Waals surface area contributed by atoms with E-state index in [9.17, 15) is 0 Å². The largest absolute Gasteiger partial charge is 0.362 e. The van der Waals surface area contributed by atoms with Crippen molar-refractivity contribution in [3.63, 3.8) is 0 Å². The molecule has 9 rings (SSSR count). The van der Waals surface area contributed by atoms with Crippen LogP contribution in [0.15, 0.2) is 65.7 Å². The van der Waals surface area contributed by atoms with Crippen LogP contribution in [0.4, 0.5) is 11.4 Å². The van der Waals surface area contributed by atoms with Crippen LogP contribution < -0.4 is 15.3 Å². The van der Waals surface area contributed by atoms with E-state index in [0.29, 0.717) is 35.9 Å². The molecule has 3 heteroatoms. The molecule has 4 heterocycles. The summed E-state index contributed by atoms with van der Waals surface area (Å²) in [7, 11) is 0. The SMILES string of the molecule is CC1(C)N2c3cccc4c3B(C3=CC=CC5C6CCCCC6N4C35)C3C=CC=C(C32)C12CCCCC2. The standard InChI is InChI=1S/C33H39BN2/c1-32(2)33(19-6-3-7-20-33)23-13-9-15-25-31(23)36(32)28-18-10-17-27-29(28)34(25)24-14-8-12-22-21-11-4-5-16-26(21)35(27)30(22)24/h8-10,12-15,17-18,21-22,25-26,30-31H,3-7,11,16,19-20H2,1-2H3. The molecule has 0 aromatic heterocycles. The van der Waals surface area contributed by atoms with E-state index in [0.717, 1.165) is 12.0 Å². The summed E-state index contributed by atoms with van der Waals surface area (Å²) in [6, 6.07) is 9.26. The second-order valence-electron chi connectivity index (χ2n) is 13.8. The van der Waals surface area contributed by atoms with E-state index < -0.39 is 0 Å². The van der Waals surface area contributed by atoms with Crippen molar-refractivity contribution in [1.82, 2.24) is 0 Å². The van der Waals surface area contributed by atoms with Crippen LogP contribution in [0.1, 0.15) is 71.6 Å². The Morgan fingerprint density at radius 1 is 0.861 bits per heavy atom. The average molecular weight is 475 g/mol. The predicted molar refractivity (Wildman–Crippen MR) is 151 cm³/mol. The highest BCUT2D eigenvalue weighted by Crippen LogP contribution is 2.66. The Hall–Kier alpha value is -2.16. The average Bonchev–Trinajstić information content (AvgIpc) is 3.34. The van der Waals surface area contributed by atoms with Crippen LogP contribution in [0.25, 0.3) is 0 Å². The Kier molecular flexibility index (Phi) is 3.95. The van der Waals surface area contributed by atoms with Crippen molar-refractivity contribution in [1.29, 1.82) is 0 Å². The maximum atomic E-state index is 2.96. The summed E-state index contributed by atoms with van der Waals surface area (Å²) in [5.74, 6) is 2.10. The summed E-state index contributed by atoms with van der Waals surface area (Å²) < 4.78 is 0. The third-order valence-corrected chi connectivity index (χ3v) is 12.5. The van der Waals surface area contributed by atoms with Gasteiger partial charge in [0.25, 0.3) is 0 Å². The predicted octanol–water partition coefficient (Wildman–Crippen LogP) is 6.60. The minimum Gasteiger partial charge on any atom is -0.362 e. The third kappa shape index (κ3) is 2.18.